The Labute approximate surface area is 155 Å². The van der Waals surface area contributed by atoms with Gasteiger partial charge in [-0.3, -0.25) is 0 Å². The molecule has 1 fully saturated rings. The van der Waals surface area contributed by atoms with Gasteiger partial charge in [0.1, 0.15) is 0 Å². The van der Waals surface area contributed by atoms with Crippen molar-refractivity contribution in [2.24, 2.45) is 0 Å². The summed E-state index contributed by atoms with van der Waals surface area (Å²) in [5.41, 5.74) is 2.64. The van der Waals surface area contributed by atoms with Crippen LogP contribution in [-0.4, -0.2) is 29.1 Å². The van der Waals surface area contributed by atoms with Crippen molar-refractivity contribution in [2.45, 2.75) is 31.7 Å². The number of aromatic nitrogens is 1. The second kappa shape index (κ2) is 7.63. The van der Waals surface area contributed by atoms with Crippen LogP contribution in [0.25, 0.3) is 10.9 Å². The minimum Gasteiger partial charge on any atom is -0.340 e. The molecule has 1 aromatic heterocycles. The molecular formula is C22H25ClN2. The Balaban J connectivity index is 1.64. The molecule has 0 N–H and O–H groups in total. The van der Waals surface area contributed by atoms with E-state index < -0.39 is 0 Å². The molecule has 1 atom stereocenters. The summed E-state index contributed by atoms with van der Waals surface area (Å²) in [5, 5.41) is 2.02. The van der Waals surface area contributed by atoms with E-state index in [0.29, 0.717) is 6.04 Å². The zero-order valence-corrected chi connectivity index (χ0v) is 15.3. The van der Waals surface area contributed by atoms with Crippen molar-refractivity contribution in [1.29, 1.82) is 0 Å². The third-order valence-electron chi connectivity index (χ3n) is 5.37. The van der Waals surface area contributed by atoms with Crippen LogP contribution in [0, 0.1) is 0 Å². The second-order valence-electron chi connectivity index (χ2n) is 7.04. The lowest BCUT2D eigenvalue weighted by Gasteiger charge is -2.29. The van der Waals surface area contributed by atoms with E-state index in [2.05, 4.69) is 64.2 Å². The lowest BCUT2D eigenvalue weighted by Crippen LogP contribution is -2.32. The van der Waals surface area contributed by atoms with Crippen molar-refractivity contribution in [1.82, 2.24) is 9.47 Å². The Bertz CT molecular complexity index is 818. The Hall–Kier alpha value is -1.77. The van der Waals surface area contributed by atoms with Crippen LogP contribution in [0.4, 0.5) is 0 Å². The average molecular weight is 353 g/mol. The minimum absolute atomic E-state index is 0.363. The summed E-state index contributed by atoms with van der Waals surface area (Å²) in [6.45, 7) is 3.67. The van der Waals surface area contributed by atoms with Crippen molar-refractivity contribution in [3.05, 3.63) is 71.4 Å². The number of piperidine rings is 1. The first-order chi connectivity index (χ1) is 12.3. The molecule has 3 aromatic rings. The van der Waals surface area contributed by atoms with E-state index in [0.717, 1.165) is 18.0 Å². The van der Waals surface area contributed by atoms with Gasteiger partial charge in [0.2, 0.25) is 0 Å². The smallest absolute Gasteiger partial charge is 0.0598 e. The number of halogens is 1. The molecule has 130 valence electrons. The van der Waals surface area contributed by atoms with Crippen LogP contribution in [0.15, 0.2) is 60.8 Å². The van der Waals surface area contributed by atoms with Gasteiger partial charge in [0.15, 0.2) is 0 Å². The molecule has 4 rings (SSSR count). The number of hydrogen-bond acceptors (Lipinski definition) is 1. The molecular weight excluding hydrogens is 328 g/mol. The zero-order valence-electron chi connectivity index (χ0n) is 14.6. The first-order valence-electron chi connectivity index (χ1n) is 9.35. The number of rotatable bonds is 5. The van der Waals surface area contributed by atoms with Crippen molar-refractivity contribution < 1.29 is 0 Å². The van der Waals surface area contributed by atoms with Gasteiger partial charge in [-0.25, -0.2) is 0 Å². The molecule has 2 heterocycles. The van der Waals surface area contributed by atoms with Gasteiger partial charge in [0.05, 0.1) is 6.04 Å². The molecule has 0 amide bonds. The topological polar surface area (TPSA) is 8.17 Å². The lowest BCUT2D eigenvalue weighted by atomic mass is 10.0. The summed E-state index contributed by atoms with van der Waals surface area (Å²) in [6, 6.07) is 19.6. The summed E-state index contributed by atoms with van der Waals surface area (Å²) in [7, 11) is 0. The highest BCUT2D eigenvalue weighted by atomic mass is 35.5. The largest absolute Gasteiger partial charge is 0.340 e. The van der Waals surface area contributed by atoms with Gasteiger partial charge in [-0.15, -0.1) is 0 Å². The molecule has 2 aromatic carbocycles. The molecule has 0 aliphatic carbocycles. The molecule has 0 saturated carbocycles. The second-order valence-corrected chi connectivity index (χ2v) is 7.48. The monoisotopic (exact) mass is 352 g/mol. The Morgan fingerprint density at radius 2 is 1.72 bits per heavy atom. The van der Waals surface area contributed by atoms with E-state index in [9.17, 15) is 0 Å². The van der Waals surface area contributed by atoms with Crippen molar-refractivity contribution in [3.8, 4) is 0 Å². The highest BCUT2D eigenvalue weighted by Crippen LogP contribution is 2.29. The van der Waals surface area contributed by atoms with Gasteiger partial charge < -0.3 is 9.47 Å². The fourth-order valence-corrected chi connectivity index (χ4v) is 4.22. The molecule has 1 aliphatic heterocycles. The molecule has 3 heteroatoms. The quantitative estimate of drug-likeness (QED) is 0.566. The first kappa shape index (κ1) is 16.7. The van der Waals surface area contributed by atoms with Gasteiger partial charge in [-0.1, -0.05) is 48.4 Å². The molecule has 1 unspecified atom stereocenters. The van der Waals surface area contributed by atoms with Gasteiger partial charge in [-0.2, -0.15) is 0 Å². The van der Waals surface area contributed by atoms with Gasteiger partial charge in [0, 0.05) is 28.7 Å². The number of likely N-dealkylation sites (tertiary alicyclic amines) is 1. The highest BCUT2D eigenvalue weighted by molar-refractivity contribution is 6.31. The maximum Gasteiger partial charge on any atom is 0.0598 e. The van der Waals surface area contributed by atoms with E-state index in [1.54, 1.807) is 0 Å². The SMILES string of the molecule is Clc1ccc2c(ccn2C(CCN2CCCCC2)c2ccccc2)c1. The molecule has 0 bridgehead atoms. The Morgan fingerprint density at radius 1 is 0.920 bits per heavy atom. The van der Waals surface area contributed by atoms with Crippen LogP contribution in [0.1, 0.15) is 37.3 Å². The molecule has 2 nitrogen and oxygen atoms in total. The van der Waals surface area contributed by atoms with Crippen LogP contribution in [0.2, 0.25) is 5.02 Å². The average Bonchev–Trinajstić information content (AvgIpc) is 3.06. The first-order valence-corrected chi connectivity index (χ1v) is 9.72. The minimum atomic E-state index is 0.363. The summed E-state index contributed by atoms with van der Waals surface area (Å²) in [6.07, 6.45) is 7.44. The van der Waals surface area contributed by atoms with E-state index in [1.807, 2.05) is 6.07 Å². The molecule has 0 radical (unpaired) electrons. The predicted octanol–water partition coefficient (Wildman–Crippen LogP) is 5.76. The van der Waals surface area contributed by atoms with Crippen LogP contribution in [-0.2, 0) is 0 Å². The van der Waals surface area contributed by atoms with Gasteiger partial charge in [0.25, 0.3) is 0 Å². The van der Waals surface area contributed by atoms with Crippen LogP contribution in [0.3, 0.4) is 0 Å². The standard InChI is InChI=1S/C22H25ClN2/c23-20-9-10-21-19(17-20)11-16-25(21)22(18-7-3-1-4-8-18)12-15-24-13-5-2-6-14-24/h1,3-4,7-11,16-17,22H,2,5-6,12-15H2. The van der Waals surface area contributed by atoms with E-state index in [1.165, 1.54) is 48.8 Å². The van der Waals surface area contributed by atoms with Crippen molar-refractivity contribution >= 4 is 22.5 Å². The number of nitrogens with zero attached hydrogens (tertiary/aromatic N) is 2. The zero-order chi connectivity index (χ0) is 17.1. The Morgan fingerprint density at radius 3 is 2.52 bits per heavy atom. The number of benzene rings is 2. The fraction of sp³-hybridized carbons (Fsp3) is 0.364. The fourth-order valence-electron chi connectivity index (χ4n) is 4.04. The van der Waals surface area contributed by atoms with Crippen LogP contribution in [0.5, 0.6) is 0 Å². The van der Waals surface area contributed by atoms with Gasteiger partial charge >= 0.3 is 0 Å². The number of fused-ring (bicyclic) bond motifs is 1. The normalized spacial score (nSPS) is 17.0. The van der Waals surface area contributed by atoms with Crippen LogP contribution < -0.4 is 0 Å². The molecule has 0 spiro atoms. The molecule has 1 saturated heterocycles. The summed E-state index contributed by atoms with van der Waals surface area (Å²) in [4.78, 5) is 2.63. The Kier molecular flexibility index (Phi) is 5.09. The third-order valence-corrected chi connectivity index (χ3v) is 5.61. The van der Waals surface area contributed by atoms with E-state index in [4.69, 9.17) is 11.6 Å². The maximum absolute atomic E-state index is 6.17. The van der Waals surface area contributed by atoms with Crippen molar-refractivity contribution in [2.75, 3.05) is 19.6 Å². The van der Waals surface area contributed by atoms with Crippen molar-refractivity contribution in [3.63, 3.8) is 0 Å². The molecule has 1 aliphatic rings. The lowest BCUT2D eigenvalue weighted by molar-refractivity contribution is 0.218. The maximum atomic E-state index is 6.17. The number of hydrogen-bond donors (Lipinski definition) is 0. The van der Waals surface area contributed by atoms with Gasteiger partial charge in [-0.05, 0) is 62.2 Å². The van der Waals surface area contributed by atoms with E-state index >= 15 is 0 Å². The predicted molar refractivity (Wildman–Crippen MR) is 106 cm³/mol. The summed E-state index contributed by atoms with van der Waals surface area (Å²) < 4.78 is 2.42. The highest BCUT2D eigenvalue weighted by Gasteiger charge is 2.18. The summed E-state index contributed by atoms with van der Waals surface area (Å²) >= 11 is 6.17. The third kappa shape index (κ3) is 3.75. The van der Waals surface area contributed by atoms with Crippen LogP contribution >= 0.6 is 11.6 Å². The van der Waals surface area contributed by atoms with E-state index in [-0.39, 0.29) is 0 Å². The summed E-state index contributed by atoms with van der Waals surface area (Å²) in [5.74, 6) is 0. The molecule has 25 heavy (non-hydrogen) atoms.